The maximum atomic E-state index is 12.5. The molecular weight excluding hydrogens is 248 g/mol. The zero-order valence-electron chi connectivity index (χ0n) is 12.0. The molecule has 0 aromatic heterocycles. The number of fused-ring (bicyclic) bond motifs is 1. The lowest BCUT2D eigenvalue weighted by Gasteiger charge is -2.18. The summed E-state index contributed by atoms with van der Waals surface area (Å²) in [6, 6.07) is 13.9. The zero-order chi connectivity index (χ0) is 14.4. The van der Waals surface area contributed by atoms with Crippen LogP contribution in [0.4, 0.5) is 0 Å². The van der Waals surface area contributed by atoms with Crippen LogP contribution in [0.2, 0.25) is 0 Å². The van der Waals surface area contributed by atoms with E-state index in [0.717, 1.165) is 48.7 Å². The van der Waals surface area contributed by atoms with Crippen LogP contribution in [0.3, 0.4) is 0 Å². The lowest BCUT2D eigenvalue weighted by Crippen LogP contribution is -2.28. The van der Waals surface area contributed by atoms with E-state index in [1.165, 1.54) is 0 Å². The molecule has 0 unspecified atom stereocenters. The average molecular weight is 270 g/mol. The fraction of sp³-hybridized carbons (Fsp3) is 0.353. The van der Waals surface area contributed by atoms with Crippen molar-refractivity contribution in [1.82, 2.24) is 4.90 Å². The number of unbranched alkanes of at least 4 members (excludes halogenated alkanes) is 2. The molecule has 3 nitrogen and oxygen atoms in total. The molecular formula is C17H22N2O. The van der Waals surface area contributed by atoms with Gasteiger partial charge in [-0.3, -0.25) is 4.79 Å². The molecule has 0 aliphatic carbocycles. The fourth-order valence-electron chi connectivity index (χ4n) is 2.39. The highest BCUT2D eigenvalue weighted by molar-refractivity contribution is 6.06. The van der Waals surface area contributed by atoms with Crippen molar-refractivity contribution in [3.63, 3.8) is 0 Å². The molecule has 0 saturated heterocycles. The summed E-state index contributed by atoms with van der Waals surface area (Å²) in [5, 5.41) is 2.13. The first-order valence-corrected chi connectivity index (χ1v) is 7.17. The number of benzene rings is 2. The fourth-order valence-corrected chi connectivity index (χ4v) is 2.39. The number of nitrogens with two attached hydrogens (primary N) is 1. The van der Waals surface area contributed by atoms with Gasteiger partial charge < -0.3 is 10.6 Å². The SMILES string of the molecule is CN(CCCCCN)C(=O)c1cccc2ccccc12. The van der Waals surface area contributed by atoms with E-state index in [9.17, 15) is 4.79 Å². The van der Waals surface area contributed by atoms with Gasteiger partial charge in [0, 0.05) is 19.2 Å². The standard InChI is InChI=1S/C17H22N2O/c1-19(13-6-2-5-12-18)17(20)16-11-7-9-14-8-3-4-10-15(14)16/h3-4,7-11H,2,5-6,12-13,18H2,1H3. The van der Waals surface area contributed by atoms with Gasteiger partial charge in [0.2, 0.25) is 0 Å². The monoisotopic (exact) mass is 270 g/mol. The van der Waals surface area contributed by atoms with Crippen LogP contribution >= 0.6 is 0 Å². The normalized spacial score (nSPS) is 10.7. The Bertz CT molecular complexity index is 575. The first-order chi connectivity index (χ1) is 9.74. The van der Waals surface area contributed by atoms with E-state index in [-0.39, 0.29) is 5.91 Å². The van der Waals surface area contributed by atoms with E-state index in [1.54, 1.807) is 4.90 Å². The quantitative estimate of drug-likeness (QED) is 0.820. The van der Waals surface area contributed by atoms with Crippen molar-refractivity contribution < 1.29 is 4.79 Å². The minimum Gasteiger partial charge on any atom is -0.342 e. The number of nitrogens with zero attached hydrogens (tertiary/aromatic N) is 1. The smallest absolute Gasteiger partial charge is 0.254 e. The topological polar surface area (TPSA) is 46.3 Å². The molecule has 2 aromatic carbocycles. The van der Waals surface area contributed by atoms with Gasteiger partial charge in [0.25, 0.3) is 5.91 Å². The number of carbonyl (C=O) groups is 1. The summed E-state index contributed by atoms with van der Waals surface area (Å²) in [6.45, 7) is 1.50. The highest BCUT2D eigenvalue weighted by atomic mass is 16.2. The van der Waals surface area contributed by atoms with Gasteiger partial charge in [-0.15, -0.1) is 0 Å². The van der Waals surface area contributed by atoms with Gasteiger partial charge in [-0.25, -0.2) is 0 Å². The maximum absolute atomic E-state index is 12.5. The molecule has 0 aliphatic heterocycles. The Balaban J connectivity index is 2.10. The maximum Gasteiger partial charge on any atom is 0.254 e. The Kier molecular flexibility index (Phi) is 5.13. The number of hydrogen-bond acceptors (Lipinski definition) is 2. The molecule has 0 aliphatic rings. The molecule has 0 spiro atoms. The molecule has 0 radical (unpaired) electrons. The summed E-state index contributed by atoms with van der Waals surface area (Å²) < 4.78 is 0. The van der Waals surface area contributed by atoms with E-state index in [0.29, 0.717) is 0 Å². The van der Waals surface area contributed by atoms with Crippen molar-refractivity contribution in [1.29, 1.82) is 0 Å². The molecule has 3 heteroatoms. The van der Waals surface area contributed by atoms with E-state index >= 15 is 0 Å². The first kappa shape index (κ1) is 14.5. The summed E-state index contributed by atoms with van der Waals surface area (Å²) in [4.78, 5) is 14.3. The largest absolute Gasteiger partial charge is 0.342 e. The van der Waals surface area contributed by atoms with Crippen molar-refractivity contribution in [3.05, 3.63) is 48.0 Å². The molecule has 2 N–H and O–H groups in total. The number of hydrogen-bond donors (Lipinski definition) is 1. The van der Waals surface area contributed by atoms with Crippen molar-refractivity contribution in [2.75, 3.05) is 20.1 Å². The van der Waals surface area contributed by atoms with Crippen LogP contribution in [0.5, 0.6) is 0 Å². The Labute approximate surface area is 120 Å². The third-order valence-electron chi connectivity index (χ3n) is 3.56. The van der Waals surface area contributed by atoms with E-state index in [2.05, 4.69) is 0 Å². The Morgan fingerprint density at radius 1 is 1.05 bits per heavy atom. The molecule has 0 bridgehead atoms. The van der Waals surface area contributed by atoms with Gasteiger partial charge in [-0.1, -0.05) is 42.8 Å². The lowest BCUT2D eigenvalue weighted by molar-refractivity contribution is 0.0794. The van der Waals surface area contributed by atoms with Crippen LogP contribution in [0.15, 0.2) is 42.5 Å². The van der Waals surface area contributed by atoms with Gasteiger partial charge in [0.1, 0.15) is 0 Å². The van der Waals surface area contributed by atoms with Crippen molar-refractivity contribution >= 4 is 16.7 Å². The third-order valence-corrected chi connectivity index (χ3v) is 3.56. The zero-order valence-corrected chi connectivity index (χ0v) is 12.0. The van der Waals surface area contributed by atoms with Crippen LogP contribution < -0.4 is 5.73 Å². The molecule has 0 saturated carbocycles. The van der Waals surface area contributed by atoms with Gasteiger partial charge in [0.15, 0.2) is 0 Å². The molecule has 1 amide bonds. The number of rotatable bonds is 6. The molecule has 0 atom stereocenters. The summed E-state index contributed by atoms with van der Waals surface area (Å²) in [5.74, 6) is 0.0922. The summed E-state index contributed by atoms with van der Waals surface area (Å²) in [7, 11) is 1.87. The van der Waals surface area contributed by atoms with E-state index in [1.807, 2.05) is 49.5 Å². The third kappa shape index (κ3) is 3.36. The highest BCUT2D eigenvalue weighted by Gasteiger charge is 2.13. The van der Waals surface area contributed by atoms with E-state index in [4.69, 9.17) is 5.73 Å². The molecule has 2 aromatic rings. The lowest BCUT2D eigenvalue weighted by atomic mass is 10.0. The van der Waals surface area contributed by atoms with Crippen LogP contribution in [0.1, 0.15) is 29.6 Å². The highest BCUT2D eigenvalue weighted by Crippen LogP contribution is 2.19. The van der Waals surface area contributed by atoms with Crippen LogP contribution in [-0.4, -0.2) is 30.9 Å². The molecule has 0 fully saturated rings. The predicted molar refractivity (Wildman–Crippen MR) is 83.8 cm³/mol. The number of amides is 1. The minimum atomic E-state index is 0.0922. The summed E-state index contributed by atoms with van der Waals surface area (Å²) in [5.41, 5.74) is 6.26. The van der Waals surface area contributed by atoms with E-state index < -0.39 is 0 Å². The second-order valence-electron chi connectivity index (χ2n) is 5.10. The number of carbonyl (C=O) groups excluding carboxylic acids is 1. The van der Waals surface area contributed by atoms with Crippen LogP contribution in [-0.2, 0) is 0 Å². The summed E-state index contributed by atoms with van der Waals surface area (Å²) >= 11 is 0. The minimum absolute atomic E-state index is 0.0922. The van der Waals surface area contributed by atoms with Crippen LogP contribution in [0, 0.1) is 0 Å². The van der Waals surface area contributed by atoms with Crippen molar-refractivity contribution in [3.8, 4) is 0 Å². The first-order valence-electron chi connectivity index (χ1n) is 7.17. The average Bonchev–Trinajstić information content (AvgIpc) is 2.50. The second kappa shape index (κ2) is 7.06. The van der Waals surface area contributed by atoms with Gasteiger partial charge in [0.05, 0.1) is 0 Å². The summed E-state index contributed by atoms with van der Waals surface area (Å²) in [6.07, 6.45) is 3.10. The Hall–Kier alpha value is -1.87. The van der Waals surface area contributed by atoms with Crippen molar-refractivity contribution in [2.24, 2.45) is 5.73 Å². The van der Waals surface area contributed by atoms with Crippen LogP contribution in [0.25, 0.3) is 10.8 Å². The van der Waals surface area contributed by atoms with Gasteiger partial charge in [-0.05, 0) is 36.2 Å². The Morgan fingerprint density at radius 2 is 1.80 bits per heavy atom. The predicted octanol–water partition coefficient (Wildman–Crippen LogP) is 3.04. The molecule has 106 valence electrons. The van der Waals surface area contributed by atoms with Crippen molar-refractivity contribution in [2.45, 2.75) is 19.3 Å². The second-order valence-corrected chi connectivity index (χ2v) is 5.10. The Morgan fingerprint density at radius 3 is 2.60 bits per heavy atom. The molecule has 20 heavy (non-hydrogen) atoms. The molecule has 2 rings (SSSR count). The van der Waals surface area contributed by atoms with Gasteiger partial charge >= 0.3 is 0 Å². The van der Waals surface area contributed by atoms with Gasteiger partial charge in [-0.2, -0.15) is 0 Å². The molecule has 0 heterocycles.